The SMILES string of the molecule is CP(C)C.[C-]1=CC=CC1.[CH-]=C(C)C=C(C)C.[Zr+2]. The Morgan fingerprint density at radius 3 is 1.76 bits per heavy atom. The summed E-state index contributed by atoms with van der Waals surface area (Å²) in [7, 11) is 0.380. The van der Waals surface area contributed by atoms with Crippen LogP contribution in [0, 0.1) is 12.7 Å². The minimum atomic E-state index is 0. The average Bonchev–Trinajstić information content (AvgIpc) is 2.54. The van der Waals surface area contributed by atoms with Gasteiger partial charge in [0, 0.05) is 0 Å². The van der Waals surface area contributed by atoms with Gasteiger partial charge in [-0.2, -0.15) is 11.6 Å². The second kappa shape index (κ2) is 16.3. The van der Waals surface area contributed by atoms with Gasteiger partial charge < -0.3 is 0 Å². The third kappa shape index (κ3) is 38.6. The summed E-state index contributed by atoms with van der Waals surface area (Å²) in [5.41, 5.74) is 2.13. The van der Waals surface area contributed by atoms with Crippen molar-refractivity contribution in [2.24, 2.45) is 0 Å². The number of rotatable bonds is 1. The van der Waals surface area contributed by atoms with Gasteiger partial charge in [0.1, 0.15) is 0 Å². The fourth-order valence-corrected chi connectivity index (χ4v) is 0.796. The van der Waals surface area contributed by atoms with Gasteiger partial charge in [-0.3, -0.25) is 12.7 Å². The number of hydrogen-bond donors (Lipinski definition) is 0. The maximum Gasteiger partial charge on any atom is 2.00 e. The molecule has 0 saturated carbocycles. The topological polar surface area (TPSA) is 0 Å². The summed E-state index contributed by atoms with van der Waals surface area (Å²) < 4.78 is 0. The van der Waals surface area contributed by atoms with Crippen LogP contribution in [0.5, 0.6) is 0 Å². The first kappa shape index (κ1) is 22.5. The molecule has 0 amide bonds. The van der Waals surface area contributed by atoms with Crippen LogP contribution in [0.4, 0.5) is 0 Å². The monoisotopic (exact) mass is 326 g/mol. The van der Waals surface area contributed by atoms with Crippen molar-refractivity contribution in [3.8, 4) is 0 Å². The second-order valence-electron chi connectivity index (χ2n) is 4.31. The zero-order valence-corrected chi connectivity index (χ0v) is 15.4. The first-order valence-corrected chi connectivity index (χ1v) is 8.11. The molecule has 0 aliphatic heterocycles. The molecular formula is C15H25PZr. The second-order valence-corrected chi connectivity index (χ2v) is 6.99. The van der Waals surface area contributed by atoms with E-state index in [1.807, 2.05) is 39.0 Å². The Bertz CT molecular complexity index is 243. The molecule has 0 atom stereocenters. The maximum atomic E-state index is 5.33. The molecule has 0 saturated heterocycles. The first-order chi connectivity index (χ1) is 7.36. The van der Waals surface area contributed by atoms with Crippen LogP contribution in [0.3, 0.4) is 0 Å². The maximum absolute atomic E-state index is 5.33. The van der Waals surface area contributed by atoms with Crippen molar-refractivity contribution in [2.75, 3.05) is 20.0 Å². The van der Waals surface area contributed by atoms with Crippen LogP contribution in [-0.2, 0) is 26.2 Å². The van der Waals surface area contributed by atoms with E-state index in [-0.39, 0.29) is 26.2 Å². The summed E-state index contributed by atoms with van der Waals surface area (Å²) in [6.45, 7) is 18.0. The van der Waals surface area contributed by atoms with Gasteiger partial charge >= 0.3 is 26.2 Å². The predicted octanol–water partition coefficient (Wildman–Crippen LogP) is 4.99. The molecule has 0 bridgehead atoms. The molecule has 0 nitrogen and oxygen atoms in total. The Hall–Kier alpha value is 0.273. The van der Waals surface area contributed by atoms with Crippen LogP contribution in [0.2, 0.25) is 0 Å². The van der Waals surface area contributed by atoms with Crippen LogP contribution >= 0.6 is 7.92 Å². The summed E-state index contributed by atoms with van der Waals surface area (Å²) in [4.78, 5) is 0. The molecule has 0 unspecified atom stereocenters. The van der Waals surface area contributed by atoms with Gasteiger partial charge in [0.15, 0.2) is 0 Å². The minimum absolute atomic E-state index is 0. The van der Waals surface area contributed by atoms with E-state index in [0.717, 1.165) is 12.0 Å². The van der Waals surface area contributed by atoms with Crippen LogP contribution < -0.4 is 0 Å². The van der Waals surface area contributed by atoms with Crippen LogP contribution in [0.25, 0.3) is 0 Å². The van der Waals surface area contributed by atoms with Crippen molar-refractivity contribution in [3.63, 3.8) is 0 Å². The quantitative estimate of drug-likeness (QED) is 0.361. The van der Waals surface area contributed by atoms with E-state index in [0.29, 0.717) is 7.92 Å². The van der Waals surface area contributed by atoms with Crippen molar-refractivity contribution in [2.45, 2.75) is 27.2 Å². The van der Waals surface area contributed by atoms with Crippen molar-refractivity contribution in [1.29, 1.82) is 0 Å². The van der Waals surface area contributed by atoms with Gasteiger partial charge in [-0.05, 0) is 20.0 Å². The van der Waals surface area contributed by atoms with Gasteiger partial charge in [-0.1, -0.05) is 20.8 Å². The molecule has 0 radical (unpaired) electrons. The smallest absolute Gasteiger partial charge is 0.290 e. The van der Waals surface area contributed by atoms with E-state index in [9.17, 15) is 0 Å². The first-order valence-electron chi connectivity index (χ1n) is 5.42. The van der Waals surface area contributed by atoms with Gasteiger partial charge in [0.05, 0.1) is 0 Å². The van der Waals surface area contributed by atoms with E-state index < -0.39 is 0 Å². The fourth-order valence-electron chi connectivity index (χ4n) is 0.796. The van der Waals surface area contributed by atoms with E-state index >= 15 is 0 Å². The molecule has 0 N–H and O–H groups in total. The van der Waals surface area contributed by atoms with E-state index in [2.05, 4.69) is 32.1 Å². The van der Waals surface area contributed by atoms with Gasteiger partial charge in [-0.25, -0.2) is 23.8 Å². The van der Waals surface area contributed by atoms with E-state index in [1.165, 1.54) is 5.57 Å². The molecule has 0 aromatic heterocycles. The summed E-state index contributed by atoms with van der Waals surface area (Å²) in [5, 5.41) is 0. The summed E-state index contributed by atoms with van der Waals surface area (Å²) in [6, 6.07) is 0. The third-order valence-electron chi connectivity index (χ3n) is 1.10. The standard InChI is InChI=1S/C7H11.C5H5.C3H9P.Zr/c1-6(2)5-7(3)4;1-2-4-5-3-1;1-4(2)3;/h1,5H,2-4H3;1-3H,4H2;1-3H3;/q2*-1;;+2. The van der Waals surface area contributed by atoms with Crippen molar-refractivity contribution >= 4 is 7.92 Å². The largest absolute Gasteiger partial charge is 2.00 e. The third-order valence-corrected chi connectivity index (χ3v) is 1.10. The summed E-state index contributed by atoms with van der Waals surface area (Å²) >= 11 is 0. The summed E-state index contributed by atoms with van der Waals surface area (Å²) in [5.74, 6) is 0. The molecule has 94 valence electrons. The Morgan fingerprint density at radius 1 is 1.24 bits per heavy atom. The zero-order valence-electron chi connectivity index (χ0n) is 12.0. The molecule has 1 aliphatic rings. The zero-order chi connectivity index (χ0) is 13.0. The molecule has 17 heavy (non-hydrogen) atoms. The van der Waals surface area contributed by atoms with Crippen molar-refractivity contribution in [1.82, 2.24) is 0 Å². The summed E-state index contributed by atoms with van der Waals surface area (Å²) in [6.07, 6.45) is 11.9. The van der Waals surface area contributed by atoms with Gasteiger partial charge in [0.25, 0.3) is 0 Å². The average molecular weight is 328 g/mol. The predicted molar refractivity (Wildman–Crippen MR) is 79.2 cm³/mol. The van der Waals surface area contributed by atoms with Crippen LogP contribution in [-0.4, -0.2) is 20.0 Å². The molecule has 0 aromatic rings. The van der Waals surface area contributed by atoms with Crippen molar-refractivity contribution < 1.29 is 26.2 Å². The molecule has 0 aromatic carbocycles. The fraction of sp³-hybridized carbons (Fsp3) is 0.467. The molecule has 2 heteroatoms. The molecular weight excluding hydrogens is 302 g/mol. The Kier molecular flexibility index (Phi) is 21.5. The molecule has 0 spiro atoms. The van der Waals surface area contributed by atoms with Crippen LogP contribution in [0.15, 0.2) is 35.5 Å². The normalized spacial score (nSPS) is 10.5. The van der Waals surface area contributed by atoms with Gasteiger partial charge in [0.2, 0.25) is 0 Å². The molecule has 0 fully saturated rings. The minimum Gasteiger partial charge on any atom is -0.290 e. The van der Waals surface area contributed by atoms with E-state index in [4.69, 9.17) is 6.58 Å². The Morgan fingerprint density at radius 2 is 1.71 bits per heavy atom. The Balaban J connectivity index is -0.000000175. The molecule has 0 heterocycles. The van der Waals surface area contributed by atoms with Crippen molar-refractivity contribution in [3.05, 3.63) is 48.1 Å². The Labute approximate surface area is 129 Å². The van der Waals surface area contributed by atoms with Gasteiger partial charge in [-0.15, -0.1) is 14.3 Å². The molecule has 1 rings (SSSR count). The number of hydrogen-bond acceptors (Lipinski definition) is 0. The molecule has 1 aliphatic carbocycles. The van der Waals surface area contributed by atoms with Crippen LogP contribution in [0.1, 0.15) is 27.2 Å². The number of allylic oxidation sites excluding steroid dienone is 7. The van der Waals surface area contributed by atoms with E-state index in [1.54, 1.807) is 0 Å².